The summed E-state index contributed by atoms with van der Waals surface area (Å²) >= 11 is 3.29. The molecule has 0 atom stereocenters. The SMILES string of the molecule is COc1cc(Br)cc2c(=O)oc(C)nc12. The number of rotatable bonds is 1. The maximum Gasteiger partial charge on any atom is 0.346 e. The minimum atomic E-state index is -0.405. The highest BCUT2D eigenvalue weighted by Crippen LogP contribution is 2.26. The zero-order valence-corrected chi connectivity index (χ0v) is 9.79. The number of hydrogen-bond donors (Lipinski definition) is 0. The molecule has 2 rings (SSSR count). The molecule has 0 saturated carbocycles. The van der Waals surface area contributed by atoms with Crippen LogP contribution >= 0.6 is 15.9 Å². The summed E-state index contributed by atoms with van der Waals surface area (Å²) < 4.78 is 10.8. The van der Waals surface area contributed by atoms with Crippen LogP contribution in [0.4, 0.5) is 0 Å². The van der Waals surface area contributed by atoms with Gasteiger partial charge in [0.2, 0.25) is 0 Å². The first-order valence-corrected chi connectivity index (χ1v) is 5.06. The summed E-state index contributed by atoms with van der Waals surface area (Å²) in [7, 11) is 1.53. The van der Waals surface area contributed by atoms with Crippen molar-refractivity contribution >= 4 is 26.8 Å². The van der Waals surface area contributed by atoms with Crippen molar-refractivity contribution in [2.45, 2.75) is 6.92 Å². The molecule has 0 spiro atoms. The molecule has 0 amide bonds. The van der Waals surface area contributed by atoms with E-state index in [1.165, 1.54) is 7.11 Å². The van der Waals surface area contributed by atoms with Crippen molar-refractivity contribution in [3.8, 4) is 5.75 Å². The number of aryl methyl sites for hydroxylation is 1. The Morgan fingerprint density at radius 1 is 1.47 bits per heavy atom. The maximum absolute atomic E-state index is 11.5. The van der Waals surface area contributed by atoms with Crippen LogP contribution in [0.2, 0.25) is 0 Å². The fraction of sp³-hybridized carbons (Fsp3) is 0.200. The Morgan fingerprint density at radius 3 is 2.87 bits per heavy atom. The van der Waals surface area contributed by atoms with Gasteiger partial charge in [0.1, 0.15) is 11.3 Å². The Kier molecular flexibility index (Phi) is 2.48. The highest BCUT2D eigenvalue weighted by atomic mass is 79.9. The lowest BCUT2D eigenvalue weighted by atomic mass is 10.2. The van der Waals surface area contributed by atoms with E-state index in [0.29, 0.717) is 22.5 Å². The minimum absolute atomic E-state index is 0.327. The van der Waals surface area contributed by atoms with Crippen molar-refractivity contribution in [2.24, 2.45) is 0 Å². The lowest BCUT2D eigenvalue weighted by Crippen LogP contribution is -2.04. The number of benzene rings is 1. The van der Waals surface area contributed by atoms with Gasteiger partial charge in [-0.15, -0.1) is 0 Å². The van der Waals surface area contributed by atoms with E-state index in [1.807, 2.05) is 0 Å². The summed E-state index contributed by atoms with van der Waals surface area (Å²) in [5, 5.41) is 0.409. The van der Waals surface area contributed by atoms with Crippen molar-refractivity contribution < 1.29 is 9.15 Å². The normalized spacial score (nSPS) is 10.6. The van der Waals surface area contributed by atoms with Gasteiger partial charge in [-0.2, -0.15) is 0 Å². The van der Waals surface area contributed by atoms with Crippen molar-refractivity contribution in [3.63, 3.8) is 0 Å². The van der Waals surface area contributed by atoms with Crippen molar-refractivity contribution in [1.29, 1.82) is 0 Å². The largest absolute Gasteiger partial charge is 0.494 e. The van der Waals surface area contributed by atoms with Gasteiger partial charge in [0.25, 0.3) is 0 Å². The van der Waals surface area contributed by atoms with E-state index in [4.69, 9.17) is 9.15 Å². The van der Waals surface area contributed by atoms with Crippen LogP contribution in [0.3, 0.4) is 0 Å². The van der Waals surface area contributed by atoms with Gasteiger partial charge in [-0.25, -0.2) is 9.78 Å². The summed E-state index contributed by atoms with van der Waals surface area (Å²) in [5.41, 5.74) is 0.117. The number of fused-ring (bicyclic) bond motifs is 1. The standard InChI is InChI=1S/C10H8BrNO3/c1-5-12-9-7(10(13)15-5)3-6(11)4-8(9)14-2/h3-4H,1-2H3. The summed E-state index contributed by atoms with van der Waals surface area (Å²) in [6, 6.07) is 3.42. The van der Waals surface area contributed by atoms with Gasteiger partial charge in [0.05, 0.1) is 12.5 Å². The molecule has 4 nitrogen and oxygen atoms in total. The molecule has 15 heavy (non-hydrogen) atoms. The lowest BCUT2D eigenvalue weighted by Gasteiger charge is -2.04. The van der Waals surface area contributed by atoms with Gasteiger partial charge >= 0.3 is 5.63 Å². The van der Waals surface area contributed by atoms with E-state index in [9.17, 15) is 4.79 Å². The number of methoxy groups -OCH3 is 1. The average Bonchev–Trinajstić information content (AvgIpc) is 2.18. The molecule has 0 radical (unpaired) electrons. The Morgan fingerprint density at radius 2 is 2.20 bits per heavy atom. The topological polar surface area (TPSA) is 52.3 Å². The van der Waals surface area contributed by atoms with Gasteiger partial charge in [-0.05, 0) is 12.1 Å². The number of halogens is 1. The second kappa shape index (κ2) is 3.66. The van der Waals surface area contributed by atoms with E-state index >= 15 is 0 Å². The first kappa shape index (κ1) is 10.2. The molecule has 1 aromatic heterocycles. The fourth-order valence-electron chi connectivity index (χ4n) is 1.37. The lowest BCUT2D eigenvalue weighted by molar-refractivity contribution is 0.415. The zero-order chi connectivity index (χ0) is 11.0. The van der Waals surface area contributed by atoms with Crippen LogP contribution in [0, 0.1) is 6.92 Å². The number of hydrogen-bond acceptors (Lipinski definition) is 4. The van der Waals surface area contributed by atoms with E-state index in [-0.39, 0.29) is 0 Å². The molecule has 0 N–H and O–H groups in total. The summed E-state index contributed by atoms with van der Waals surface area (Å²) in [6.07, 6.45) is 0. The van der Waals surface area contributed by atoms with Crippen LogP contribution in [0.1, 0.15) is 5.89 Å². The van der Waals surface area contributed by atoms with E-state index in [1.54, 1.807) is 19.1 Å². The Balaban J connectivity index is 2.96. The van der Waals surface area contributed by atoms with E-state index in [2.05, 4.69) is 20.9 Å². The van der Waals surface area contributed by atoms with Gasteiger partial charge in [-0.1, -0.05) is 15.9 Å². The molecule has 78 valence electrons. The van der Waals surface area contributed by atoms with Gasteiger partial charge < -0.3 is 9.15 Å². The quantitative estimate of drug-likeness (QED) is 0.797. The molecule has 0 aliphatic heterocycles. The van der Waals surface area contributed by atoms with Crippen LogP contribution in [0.15, 0.2) is 25.8 Å². The highest BCUT2D eigenvalue weighted by Gasteiger charge is 2.10. The smallest absolute Gasteiger partial charge is 0.346 e. The van der Waals surface area contributed by atoms with Crippen LogP contribution in [-0.4, -0.2) is 12.1 Å². The highest BCUT2D eigenvalue weighted by molar-refractivity contribution is 9.10. The van der Waals surface area contributed by atoms with Gasteiger partial charge in [0.15, 0.2) is 5.89 Å². The van der Waals surface area contributed by atoms with Crippen LogP contribution in [0.25, 0.3) is 10.9 Å². The molecule has 0 aliphatic rings. The zero-order valence-electron chi connectivity index (χ0n) is 8.20. The molecule has 0 saturated heterocycles. The third kappa shape index (κ3) is 1.74. The molecule has 0 aliphatic carbocycles. The summed E-state index contributed by atoms with van der Waals surface area (Å²) in [5.74, 6) is 0.878. The second-order valence-corrected chi connectivity index (χ2v) is 3.94. The molecule has 0 fully saturated rings. The van der Waals surface area contributed by atoms with Crippen molar-refractivity contribution in [2.75, 3.05) is 7.11 Å². The molecule has 1 aromatic carbocycles. The third-order valence-corrected chi connectivity index (χ3v) is 2.45. The number of aromatic nitrogens is 1. The van der Waals surface area contributed by atoms with E-state index in [0.717, 1.165) is 4.47 Å². The van der Waals surface area contributed by atoms with Crippen molar-refractivity contribution in [3.05, 3.63) is 32.9 Å². The Bertz CT molecular complexity index is 577. The van der Waals surface area contributed by atoms with Gasteiger partial charge in [-0.3, -0.25) is 0 Å². The molecule has 0 bridgehead atoms. The van der Waals surface area contributed by atoms with Gasteiger partial charge in [0, 0.05) is 11.4 Å². The van der Waals surface area contributed by atoms with Crippen LogP contribution in [-0.2, 0) is 0 Å². The second-order valence-electron chi connectivity index (χ2n) is 3.02. The Hall–Kier alpha value is -1.36. The summed E-state index contributed by atoms with van der Waals surface area (Å²) in [6.45, 7) is 1.63. The predicted octanol–water partition coefficient (Wildman–Crippen LogP) is 2.27. The number of nitrogens with zero attached hydrogens (tertiary/aromatic N) is 1. The minimum Gasteiger partial charge on any atom is -0.494 e. The molecule has 1 heterocycles. The van der Waals surface area contributed by atoms with Crippen LogP contribution < -0.4 is 10.4 Å². The number of ether oxygens (including phenoxy) is 1. The molecule has 0 unspecified atom stereocenters. The monoisotopic (exact) mass is 269 g/mol. The predicted molar refractivity (Wildman–Crippen MR) is 59.3 cm³/mol. The van der Waals surface area contributed by atoms with Crippen molar-refractivity contribution in [1.82, 2.24) is 4.98 Å². The third-order valence-electron chi connectivity index (χ3n) is 1.99. The first-order valence-electron chi connectivity index (χ1n) is 4.27. The first-order chi connectivity index (χ1) is 7.11. The molecular formula is C10H8BrNO3. The molecule has 2 aromatic rings. The van der Waals surface area contributed by atoms with Crippen LogP contribution in [0.5, 0.6) is 5.75 Å². The summed E-state index contributed by atoms with van der Waals surface area (Å²) in [4.78, 5) is 15.7. The van der Waals surface area contributed by atoms with E-state index < -0.39 is 5.63 Å². The maximum atomic E-state index is 11.5. The fourth-order valence-corrected chi connectivity index (χ4v) is 1.81. The average molecular weight is 270 g/mol. The molecule has 5 heteroatoms. The Labute approximate surface area is 94.0 Å². The molecular weight excluding hydrogens is 262 g/mol.